The van der Waals surface area contributed by atoms with Gasteiger partial charge in [-0.15, -0.1) is 0 Å². The minimum Gasteiger partial charge on any atom is -0.480 e. The van der Waals surface area contributed by atoms with Crippen LogP contribution in [0.5, 0.6) is 5.75 Å². The number of nitrogens with one attached hydrogen (secondary N) is 2. The van der Waals surface area contributed by atoms with Crippen molar-refractivity contribution in [2.75, 3.05) is 6.54 Å². The summed E-state index contributed by atoms with van der Waals surface area (Å²) in [5.41, 5.74) is 0.907. The Bertz CT molecular complexity index is 484. The molecule has 21 heavy (non-hydrogen) atoms. The van der Waals surface area contributed by atoms with Crippen molar-refractivity contribution in [2.45, 2.75) is 52.8 Å². The van der Waals surface area contributed by atoms with Crippen molar-refractivity contribution in [3.8, 4) is 5.75 Å². The number of rotatable bonds is 6. The number of benzene rings is 1. The van der Waals surface area contributed by atoms with Gasteiger partial charge in [0.25, 0.3) is 5.91 Å². The molecule has 0 aliphatic carbocycles. The molecule has 0 aromatic heterocycles. The van der Waals surface area contributed by atoms with Crippen LogP contribution in [0.15, 0.2) is 22.7 Å². The second-order valence-electron chi connectivity index (χ2n) is 6.04. The van der Waals surface area contributed by atoms with Gasteiger partial charge in [-0.3, -0.25) is 4.79 Å². The lowest BCUT2D eigenvalue weighted by Crippen LogP contribution is -2.46. The van der Waals surface area contributed by atoms with Crippen molar-refractivity contribution < 1.29 is 9.53 Å². The lowest BCUT2D eigenvalue weighted by atomic mass is 10.1. The molecule has 0 radical (unpaired) electrons. The molecule has 5 heteroatoms. The summed E-state index contributed by atoms with van der Waals surface area (Å²) in [6, 6.07) is 5.89. The van der Waals surface area contributed by atoms with E-state index in [1.165, 1.54) is 5.56 Å². The van der Waals surface area contributed by atoms with E-state index < -0.39 is 6.10 Å². The van der Waals surface area contributed by atoms with Crippen molar-refractivity contribution in [2.24, 2.45) is 0 Å². The fraction of sp³-hybridized carbons (Fsp3) is 0.562. The molecule has 1 aromatic carbocycles. The molecule has 0 heterocycles. The molecule has 1 rings (SSSR count). The van der Waals surface area contributed by atoms with E-state index in [0.717, 1.165) is 17.6 Å². The number of amides is 1. The molecule has 118 valence electrons. The molecule has 0 fully saturated rings. The minimum absolute atomic E-state index is 0.119. The van der Waals surface area contributed by atoms with E-state index in [-0.39, 0.29) is 11.4 Å². The highest BCUT2D eigenvalue weighted by molar-refractivity contribution is 9.10. The fourth-order valence-corrected chi connectivity index (χ4v) is 2.25. The Balaban J connectivity index is 2.68. The van der Waals surface area contributed by atoms with Crippen LogP contribution in [0.2, 0.25) is 0 Å². The van der Waals surface area contributed by atoms with Crippen molar-refractivity contribution in [1.29, 1.82) is 0 Å². The Hall–Kier alpha value is -1.07. The SMILES string of the molecule is CCNCc1ccc(OC(C)C(=O)NC(C)(C)C)c(Br)c1. The first kappa shape index (κ1) is 18.0. The summed E-state index contributed by atoms with van der Waals surface area (Å²) in [4.78, 5) is 12.0. The number of halogens is 1. The summed E-state index contributed by atoms with van der Waals surface area (Å²) in [6.45, 7) is 11.4. The minimum atomic E-state index is -0.542. The summed E-state index contributed by atoms with van der Waals surface area (Å²) < 4.78 is 6.59. The summed E-state index contributed by atoms with van der Waals surface area (Å²) in [7, 11) is 0. The third-order valence-corrected chi connectivity index (χ3v) is 3.37. The van der Waals surface area contributed by atoms with Crippen LogP contribution in [0.3, 0.4) is 0 Å². The van der Waals surface area contributed by atoms with Crippen LogP contribution < -0.4 is 15.4 Å². The standard InChI is InChI=1S/C16H25BrN2O2/c1-6-18-10-12-7-8-14(13(17)9-12)21-11(2)15(20)19-16(3,4)5/h7-9,11,18H,6,10H2,1-5H3,(H,19,20). The van der Waals surface area contributed by atoms with Gasteiger partial charge in [-0.05, 0) is 67.9 Å². The van der Waals surface area contributed by atoms with Crippen molar-refractivity contribution in [1.82, 2.24) is 10.6 Å². The van der Waals surface area contributed by atoms with Crippen LogP contribution in [0.25, 0.3) is 0 Å². The van der Waals surface area contributed by atoms with Crippen LogP contribution in [0, 0.1) is 0 Å². The highest BCUT2D eigenvalue weighted by atomic mass is 79.9. The monoisotopic (exact) mass is 356 g/mol. The number of carbonyl (C=O) groups is 1. The van der Waals surface area contributed by atoms with Crippen LogP contribution in [-0.4, -0.2) is 24.1 Å². The Morgan fingerprint density at radius 1 is 1.38 bits per heavy atom. The number of ether oxygens (including phenoxy) is 1. The van der Waals surface area contributed by atoms with Gasteiger partial charge in [0.1, 0.15) is 5.75 Å². The topological polar surface area (TPSA) is 50.4 Å². The van der Waals surface area contributed by atoms with Crippen LogP contribution in [0.1, 0.15) is 40.2 Å². The molecular formula is C16H25BrN2O2. The predicted octanol–water partition coefficient (Wildman–Crippen LogP) is 3.24. The smallest absolute Gasteiger partial charge is 0.261 e. The molecule has 0 saturated carbocycles. The van der Waals surface area contributed by atoms with E-state index in [1.807, 2.05) is 39.0 Å². The molecule has 0 spiro atoms. The number of hydrogen-bond acceptors (Lipinski definition) is 3. The summed E-state index contributed by atoms with van der Waals surface area (Å²) in [5, 5.41) is 6.18. The highest BCUT2D eigenvalue weighted by Crippen LogP contribution is 2.27. The molecule has 0 bridgehead atoms. The first-order valence-electron chi connectivity index (χ1n) is 7.20. The Kier molecular flexibility index (Phi) is 6.68. The van der Waals surface area contributed by atoms with Gasteiger partial charge in [0.05, 0.1) is 4.47 Å². The maximum Gasteiger partial charge on any atom is 0.261 e. The zero-order valence-electron chi connectivity index (χ0n) is 13.4. The Morgan fingerprint density at radius 3 is 2.57 bits per heavy atom. The van der Waals surface area contributed by atoms with E-state index in [0.29, 0.717) is 5.75 Å². The van der Waals surface area contributed by atoms with Gasteiger partial charge < -0.3 is 15.4 Å². The Morgan fingerprint density at radius 2 is 2.05 bits per heavy atom. The van der Waals surface area contributed by atoms with E-state index in [4.69, 9.17) is 4.74 Å². The molecule has 4 nitrogen and oxygen atoms in total. The summed E-state index contributed by atoms with van der Waals surface area (Å²) >= 11 is 3.49. The van der Waals surface area contributed by atoms with E-state index in [2.05, 4.69) is 33.5 Å². The first-order chi connectivity index (χ1) is 9.73. The number of carbonyl (C=O) groups excluding carboxylic acids is 1. The maximum absolute atomic E-state index is 12.0. The molecule has 0 saturated heterocycles. The van der Waals surface area contributed by atoms with E-state index in [9.17, 15) is 4.79 Å². The lowest BCUT2D eigenvalue weighted by molar-refractivity contribution is -0.128. The maximum atomic E-state index is 12.0. The van der Waals surface area contributed by atoms with Gasteiger partial charge in [0.15, 0.2) is 6.10 Å². The third-order valence-electron chi connectivity index (χ3n) is 2.75. The van der Waals surface area contributed by atoms with Crippen molar-refractivity contribution in [3.05, 3.63) is 28.2 Å². The largest absolute Gasteiger partial charge is 0.480 e. The van der Waals surface area contributed by atoms with E-state index in [1.54, 1.807) is 6.92 Å². The zero-order valence-corrected chi connectivity index (χ0v) is 15.0. The summed E-state index contributed by atoms with van der Waals surface area (Å²) in [5.74, 6) is 0.554. The van der Waals surface area contributed by atoms with Crippen LogP contribution in [0.4, 0.5) is 0 Å². The normalized spacial score (nSPS) is 12.9. The van der Waals surface area contributed by atoms with Gasteiger partial charge in [-0.1, -0.05) is 13.0 Å². The quantitative estimate of drug-likeness (QED) is 0.822. The molecule has 2 N–H and O–H groups in total. The molecule has 1 unspecified atom stereocenters. The zero-order chi connectivity index (χ0) is 16.0. The second-order valence-corrected chi connectivity index (χ2v) is 6.90. The molecular weight excluding hydrogens is 332 g/mol. The van der Waals surface area contributed by atoms with Gasteiger partial charge in [0, 0.05) is 12.1 Å². The van der Waals surface area contributed by atoms with Crippen LogP contribution >= 0.6 is 15.9 Å². The highest BCUT2D eigenvalue weighted by Gasteiger charge is 2.21. The average molecular weight is 357 g/mol. The molecule has 1 aromatic rings. The van der Waals surface area contributed by atoms with Crippen LogP contribution in [-0.2, 0) is 11.3 Å². The number of hydrogen-bond donors (Lipinski definition) is 2. The van der Waals surface area contributed by atoms with Crippen molar-refractivity contribution >= 4 is 21.8 Å². The molecule has 1 atom stereocenters. The molecule has 1 amide bonds. The van der Waals surface area contributed by atoms with Crippen molar-refractivity contribution in [3.63, 3.8) is 0 Å². The van der Waals surface area contributed by atoms with E-state index >= 15 is 0 Å². The fourth-order valence-electron chi connectivity index (χ4n) is 1.73. The average Bonchev–Trinajstić information content (AvgIpc) is 2.37. The Labute approximate surface area is 135 Å². The van der Waals surface area contributed by atoms with Gasteiger partial charge in [-0.2, -0.15) is 0 Å². The predicted molar refractivity (Wildman–Crippen MR) is 89.5 cm³/mol. The van der Waals surface area contributed by atoms with Gasteiger partial charge >= 0.3 is 0 Å². The second kappa shape index (κ2) is 7.80. The lowest BCUT2D eigenvalue weighted by Gasteiger charge is -2.24. The summed E-state index contributed by atoms with van der Waals surface area (Å²) in [6.07, 6.45) is -0.542. The molecule has 0 aliphatic heterocycles. The van der Waals surface area contributed by atoms with Gasteiger partial charge in [-0.25, -0.2) is 0 Å². The molecule has 0 aliphatic rings. The third kappa shape index (κ3) is 6.48. The van der Waals surface area contributed by atoms with Gasteiger partial charge in [0.2, 0.25) is 0 Å². The first-order valence-corrected chi connectivity index (χ1v) is 8.00.